The monoisotopic (exact) mass is 329 g/mol. The van der Waals surface area contributed by atoms with Gasteiger partial charge < -0.3 is 14.2 Å². The highest BCUT2D eigenvalue weighted by atomic mass is 32.2. The molecule has 0 aliphatic carbocycles. The van der Waals surface area contributed by atoms with E-state index in [1.165, 1.54) is 31.6 Å². The van der Waals surface area contributed by atoms with E-state index in [1.807, 2.05) is 11.4 Å². The van der Waals surface area contributed by atoms with Crippen molar-refractivity contribution in [2.45, 2.75) is 4.90 Å². The molecule has 0 saturated carbocycles. The first-order valence-corrected chi connectivity index (χ1v) is 8.25. The Morgan fingerprint density at radius 1 is 1.00 bits per heavy atom. The topological polar surface area (TPSA) is 87.9 Å². The first kappa shape index (κ1) is 15.6. The van der Waals surface area contributed by atoms with Crippen LogP contribution >= 0.6 is 11.3 Å². The minimum atomic E-state index is -3.91. The summed E-state index contributed by atoms with van der Waals surface area (Å²) in [5.74, 6) is 0.526. The largest absolute Gasteiger partial charge is 0.496 e. The Balaban J connectivity index is 2.73. The molecule has 2 aromatic rings. The van der Waals surface area contributed by atoms with Crippen LogP contribution in [0.1, 0.15) is 0 Å². The van der Waals surface area contributed by atoms with E-state index in [9.17, 15) is 8.42 Å². The molecule has 2 N–H and O–H groups in total. The van der Waals surface area contributed by atoms with Crippen LogP contribution in [-0.4, -0.2) is 29.7 Å². The van der Waals surface area contributed by atoms with Gasteiger partial charge in [0, 0.05) is 17.2 Å². The summed E-state index contributed by atoms with van der Waals surface area (Å²) in [5.41, 5.74) is 1.46. The fraction of sp³-hybridized carbons (Fsp3) is 0.231. The van der Waals surface area contributed by atoms with Crippen molar-refractivity contribution in [1.29, 1.82) is 0 Å². The summed E-state index contributed by atoms with van der Waals surface area (Å²) in [6.07, 6.45) is 0. The van der Waals surface area contributed by atoms with Gasteiger partial charge in [-0.05, 0) is 17.5 Å². The van der Waals surface area contributed by atoms with Crippen LogP contribution < -0.4 is 19.3 Å². The molecule has 0 fully saturated rings. The standard InChI is InChI=1S/C13H15NO5S2/c1-17-10-7-12(21(14,15)16)11(18-2)6-9(10)8-4-5-20-13(8)19-3/h4-7H,1-3H3,(H2,14,15,16). The van der Waals surface area contributed by atoms with Gasteiger partial charge in [0.15, 0.2) is 5.06 Å². The van der Waals surface area contributed by atoms with Crippen molar-refractivity contribution in [3.05, 3.63) is 23.6 Å². The van der Waals surface area contributed by atoms with Crippen LogP contribution in [0, 0.1) is 0 Å². The highest BCUT2D eigenvalue weighted by molar-refractivity contribution is 7.89. The summed E-state index contributed by atoms with van der Waals surface area (Å²) < 4.78 is 38.9. The number of methoxy groups -OCH3 is 3. The lowest BCUT2D eigenvalue weighted by atomic mass is 10.1. The number of hydrogen-bond acceptors (Lipinski definition) is 6. The summed E-state index contributed by atoms with van der Waals surface area (Å²) in [4.78, 5) is -0.125. The zero-order valence-electron chi connectivity index (χ0n) is 11.7. The molecule has 0 atom stereocenters. The van der Waals surface area contributed by atoms with Crippen molar-refractivity contribution in [3.8, 4) is 27.7 Å². The number of ether oxygens (including phenoxy) is 3. The molecular formula is C13H15NO5S2. The molecule has 2 rings (SSSR count). The van der Waals surface area contributed by atoms with Crippen molar-refractivity contribution in [2.75, 3.05) is 21.3 Å². The van der Waals surface area contributed by atoms with Crippen LogP contribution in [0.5, 0.6) is 16.6 Å². The second kappa shape index (κ2) is 5.92. The highest BCUT2D eigenvalue weighted by Gasteiger charge is 2.21. The molecule has 8 heteroatoms. The Morgan fingerprint density at radius 2 is 1.67 bits per heavy atom. The zero-order chi connectivity index (χ0) is 15.6. The van der Waals surface area contributed by atoms with Crippen molar-refractivity contribution < 1.29 is 22.6 Å². The first-order valence-electron chi connectivity index (χ1n) is 5.83. The SMILES string of the molecule is COc1cc(S(N)(=O)=O)c(OC)cc1-c1ccsc1OC. The van der Waals surface area contributed by atoms with E-state index < -0.39 is 10.0 Å². The Kier molecular flexibility index (Phi) is 4.40. The summed E-state index contributed by atoms with van der Waals surface area (Å²) in [6, 6.07) is 4.78. The molecule has 0 aliphatic rings. The summed E-state index contributed by atoms with van der Waals surface area (Å²) in [7, 11) is 0.490. The lowest BCUT2D eigenvalue weighted by molar-refractivity contribution is 0.393. The molecule has 21 heavy (non-hydrogen) atoms. The number of nitrogens with two attached hydrogens (primary N) is 1. The average molecular weight is 329 g/mol. The molecule has 114 valence electrons. The van der Waals surface area contributed by atoms with Gasteiger partial charge in [0.1, 0.15) is 16.4 Å². The number of hydrogen-bond donors (Lipinski definition) is 1. The molecule has 6 nitrogen and oxygen atoms in total. The quantitative estimate of drug-likeness (QED) is 0.907. The zero-order valence-corrected chi connectivity index (χ0v) is 13.4. The van der Waals surface area contributed by atoms with Gasteiger partial charge in [-0.15, -0.1) is 11.3 Å². The third kappa shape index (κ3) is 2.97. The maximum absolute atomic E-state index is 11.6. The van der Waals surface area contributed by atoms with Gasteiger partial charge in [-0.1, -0.05) is 0 Å². The van der Waals surface area contributed by atoms with E-state index in [0.29, 0.717) is 16.4 Å². The number of primary sulfonamides is 1. The third-order valence-electron chi connectivity index (χ3n) is 2.90. The molecule has 0 bridgehead atoms. The molecule has 0 unspecified atom stereocenters. The minimum Gasteiger partial charge on any atom is -0.496 e. The van der Waals surface area contributed by atoms with E-state index in [4.69, 9.17) is 19.3 Å². The van der Waals surface area contributed by atoms with Crippen molar-refractivity contribution in [3.63, 3.8) is 0 Å². The van der Waals surface area contributed by atoms with Crippen LogP contribution in [0.4, 0.5) is 0 Å². The Bertz CT molecular complexity index is 752. The maximum atomic E-state index is 11.6. The molecule has 1 aromatic carbocycles. The van der Waals surface area contributed by atoms with Crippen LogP contribution in [0.15, 0.2) is 28.5 Å². The number of benzene rings is 1. The second-order valence-corrected chi connectivity index (χ2v) is 6.48. The van der Waals surface area contributed by atoms with E-state index in [0.717, 1.165) is 5.56 Å². The smallest absolute Gasteiger partial charge is 0.241 e. The van der Waals surface area contributed by atoms with Crippen LogP contribution in [-0.2, 0) is 10.0 Å². The summed E-state index contributed by atoms with van der Waals surface area (Å²) in [6.45, 7) is 0. The van der Waals surface area contributed by atoms with Crippen molar-refractivity contribution in [1.82, 2.24) is 0 Å². The fourth-order valence-electron chi connectivity index (χ4n) is 1.96. The predicted molar refractivity (Wildman–Crippen MR) is 80.8 cm³/mol. The molecule has 0 saturated heterocycles. The minimum absolute atomic E-state index is 0.125. The number of thiophene rings is 1. The lowest BCUT2D eigenvalue weighted by Gasteiger charge is -2.14. The Labute approximate surface area is 127 Å². The van der Waals surface area contributed by atoms with E-state index in [1.54, 1.807) is 13.2 Å². The van der Waals surface area contributed by atoms with Crippen LogP contribution in [0.25, 0.3) is 11.1 Å². The van der Waals surface area contributed by atoms with Gasteiger partial charge >= 0.3 is 0 Å². The predicted octanol–water partition coefficient (Wildman–Crippen LogP) is 2.09. The fourth-order valence-corrected chi connectivity index (χ4v) is 3.38. The van der Waals surface area contributed by atoms with Crippen LogP contribution in [0.3, 0.4) is 0 Å². The van der Waals surface area contributed by atoms with Crippen LogP contribution in [0.2, 0.25) is 0 Å². The molecule has 1 aromatic heterocycles. The van der Waals surface area contributed by atoms with Crippen molar-refractivity contribution >= 4 is 21.4 Å². The van der Waals surface area contributed by atoms with Gasteiger partial charge in [-0.3, -0.25) is 0 Å². The normalized spacial score (nSPS) is 11.2. The van der Waals surface area contributed by atoms with Gasteiger partial charge in [0.2, 0.25) is 10.0 Å². The van der Waals surface area contributed by atoms with Gasteiger partial charge in [0.25, 0.3) is 0 Å². The average Bonchev–Trinajstić information content (AvgIpc) is 2.93. The van der Waals surface area contributed by atoms with Gasteiger partial charge in [-0.2, -0.15) is 0 Å². The van der Waals surface area contributed by atoms with E-state index in [2.05, 4.69) is 0 Å². The summed E-state index contributed by atoms with van der Waals surface area (Å²) in [5, 5.41) is 7.76. The van der Waals surface area contributed by atoms with Crippen molar-refractivity contribution in [2.24, 2.45) is 5.14 Å². The number of rotatable bonds is 5. The summed E-state index contributed by atoms with van der Waals surface area (Å²) >= 11 is 1.43. The molecule has 0 amide bonds. The molecule has 0 aliphatic heterocycles. The number of sulfonamides is 1. The molecule has 0 radical (unpaired) electrons. The highest BCUT2D eigenvalue weighted by Crippen LogP contribution is 2.43. The maximum Gasteiger partial charge on any atom is 0.241 e. The second-order valence-electron chi connectivity index (χ2n) is 4.07. The molecule has 1 heterocycles. The van der Waals surface area contributed by atoms with Gasteiger partial charge in [-0.25, -0.2) is 13.6 Å². The Morgan fingerprint density at radius 3 is 2.19 bits per heavy atom. The van der Waals surface area contributed by atoms with E-state index in [-0.39, 0.29) is 10.6 Å². The molecular weight excluding hydrogens is 314 g/mol. The van der Waals surface area contributed by atoms with E-state index >= 15 is 0 Å². The van der Waals surface area contributed by atoms with Gasteiger partial charge in [0.05, 0.1) is 21.3 Å². The Hall–Kier alpha value is -1.77. The lowest BCUT2D eigenvalue weighted by Crippen LogP contribution is -2.13. The first-order chi connectivity index (χ1) is 9.92. The molecule has 0 spiro atoms. The third-order valence-corrected chi connectivity index (χ3v) is 4.70.